The van der Waals surface area contributed by atoms with Gasteiger partial charge in [0.15, 0.2) is 12.3 Å². The van der Waals surface area contributed by atoms with E-state index < -0.39 is 18.0 Å². The summed E-state index contributed by atoms with van der Waals surface area (Å²) in [6.45, 7) is 4.01. The molecule has 2 aliphatic heterocycles. The molecule has 0 bridgehead atoms. The minimum atomic E-state index is -0.753. The number of ether oxygens (including phenoxy) is 2. The van der Waals surface area contributed by atoms with Crippen LogP contribution in [-0.4, -0.2) is 118 Å². The summed E-state index contributed by atoms with van der Waals surface area (Å²) in [4.78, 5) is 71.2. The van der Waals surface area contributed by atoms with Crippen LogP contribution in [-0.2, 0) is 19.1 Å². The van der Waals surface area contributed by atoms with E-state index in [4.69, 9.17) is 9.47 Å². The maximum absolute atomic E-state index is 13.8. The van der Waals surface area contributed by atoms with Crippen LogP contribution in [0, 0.1) is 5.92 Å². The lowest BCUT2D eigenvalue weighted by Gasteiger charge is -2.37. The number of amides is 5. The molecule has 2 N–H and O–H groups in total. The fourth-order valence-corrected chi connectivity index (χ4v) is 6.98. The number of likely N-dealkylation sites (tertiary alicyclic amines) is 1. The van der Waals surface area contributed by atoms with Crippen molar-refractivity contribution >= 4 is 29.7 Å². The Kier molecular flexibility index (Phi) is 12.1. The van der Waals surface area contributed by atoms with Crippen LogP contribution in [0.1, 0.15) is 88.0 Å². The van der Waals surface area contributed by atoms with Crippen molar-refractivity contribution in [2.24, 2.45) is 5.92 Å². The molecule has 2 aliphatic carbocycles. The Balaban J connectivity index is 1.11. The van der Waals surface area contributed by atoms with Gasteiger partial charge in [-0.2, -0.15) is 5.10 Å². The second-order valence-electron chi connectivity index (χ2n) is 14.1. The molecular weight excluding hydrogens is 654 g/mol. The zero-order valence-corrected chi connectivity index (χ0v) is 29.6. The van der Waals surface area contributed by atoms with E-state index in [1.165, 1.54) is 10.7 Å². The van der Waals surface area contributed by atoms with Gasteiger partial charge in [-0.25, -0.2) is 9.48 Å². The molecule has 0 unspecified atom stereocenters. The predicted molar refractivity (Wildman–Crippen MR) is 187 cm³/mol. The lowest BCUT2D eigenvalue weighted by atomic mass is 9.80. The minimum absolute atomic E-state index is 0.0475. The lowest BCUT2D eigenvalue weighted by Crippen LogP contribution is -2.56. The lowest BCUT2D eigenvalue weighted by molar-refractivity contribution is -0.140. The minimum Gasteiger partial charge on any atom is -0.467 e. The summed E-state index contributed by atoms with van der Waals surface area (Å²) >= 11 is 0. The molecule has 0 radical (unpaired) electrons. The standard InChI is InChI=1S/C37H51N7O7/c1-2-3-22-50-37(49)42-20-18-41(19-21-42)36(48)30(23-26-10-7-11-26)39-34(46)29-24-33(44(40-29)28-14-5-4-6-15-28)51-25-32(45)43-17-9-16-31(43)35(47)38-27-12-8-13-27/h4-6,14-15,24,26-27,30-31H,2-3,7-13,16-23,25H2,1H3,(H,38,47)(H,39,46)/t30-,31-/m0/s1. The summed E-state index contributed by atoms with van der Waals surface area (Å²) in [6, 6.07) is 9.55. The van der Waals surface area contributed by atoms with E-state index in [0.29, 0.717) is 63.8 Å². The number of para-hydroxylation sites is 1. The zero-order chi connectivity index (χ0) is 35.7. The quantitative estimate of drug-likeness (QED) is 0.284. The molecule has 14 heteroatoms. The molecule has 2 saturated carbocycles. The molecule has 51 heavy (non-hydrogen) atoms. The van der Waals surface area contributed by atoms with Crippen molar-refractivity contribution < 1.29 is 33.4 Å². The topological polar surface area (TPSA) is 155 Å². The highest BCUT2D eigenvalue weighted by molar-refractivity contribution is 5.96. The van der Waals surface area contributed by atoms with E-state index in [-0.39, 0.29) is 48.0 Å². The monoisotopic (exact) mass is 705 g/mol. The van der Waals surface area contributed by atoms with Crippen LogP contribution in [0.5, 0.6) is 5.88 Å². The molecule has 3 heterocycles. The van der Waals surface area contributed by atoms with Crippen molar-refractivity contribution in [3.63, 3.8) is 0 Å². The van der Waals surface area contributed by atoms with Gasteiger partial charge >= 0.3 is 6.09 Å². The Hall–Kier alpha value is -4.62. The van der Waals surface area contributed by atoms with Gasteiger partial charge in [-0.3, -0.25) is 19.2 Å². The van der Waals surface area contributed by atoms with Gasteiger partial charge in [0.1, 0.15) is 12.1 Å². The highest BCUT2D eigenvalue weighted by atomic mass is 16.6. The van der Waals surface area contributed by atoms with Crippen molar-refractivity contribution in [2.75, 3.05) is 45.9 Å². The molecule has 5 amide bonds. The normalized spacial score (nSPS) is 19.9. The summed E-state index contributed by atoms with van der Waals surface area (Å²) < 4.78 is 12.8. The number of unbranched alkanes of at least 4 members (excludes halogenated alkanes) is 1. The summed E-state index contributed by atoms with van der Waals surface area (Å²) in [6.07, 6.45) is 9.41. The molecule has 14 nitrogen and oxygen atoms in total. The Morgan fingerprint density at radius 2 is 1.63 bits per heavy atom. The molecule has 276 valence electrons. The first-order valence-electron chi connectivity index (χ1n) is 18.7. The molecule has 1 aromatic carbocycles. The molecule has 4 fully saturated rings. The first-order valence-corrected chi connectivity index (χ1v) is 18.7. The SMILES string of the molecule is CCCCOC(=O)N1CCN(C(=O)[C@H](CC2CCC2)NC(=O)c2cc(OCC(=O)N3CCC[C@H]3C(=O)NC3CCC3)n(-c3ccccc3)n2)CC1. The smallest absolute Gasteiger partial charge is 0.409 e. The number of hydrogen-bond donors (Lipinski definition) is 2. The fraction of sp³-hybridized carbons (Fsp3) is 0.622. The molecule has 2 atom stereocenters. The van der Waals surface area contributed by atoms with E-state index in [1.54, 1.807) is 14.7 Å². The molecular formula is C37H51N7O7. The van der Waals surface area contributed by atoms with E-state index in [9.17, 15) is 24.0 Å². The third-order valence-electron chi connectivity index (χ3n) is 10.6. The van der Waals surface area contributed by atoms with Gasteiger partial charge < -0.3 is 34.8 Å². The molecule has 2 saturated heterocycles. The predicted octanol–water partition coefficient (Wildman–Crippen LogP) is 3.28. The van der Waals surface area contributed by atoms with Crippen molar-refractivity contribution in [1.82, 2.24) is 35.1 Å². The number of hydrogen-bond acceptors (Lipinski definition) is 8. The van der Waals surface area contributed by atoms with Crippen LogP contribution >= 0.6 is 0 Å². The molecule has 2 aromatic rings. The van der Waals surface area contributed by atoms with E-state index in [1.807, 2.05) is 37.3 Å². The number of aromatic nitrogens is 2. The van der Waals surface area contributed by atoms with Gasteiger partial charge in [0.25, 0.3) is 11.8 Å². The Bertz CT molecular complexity index is 1530. The third kappa shape index (κ3) is 9.01. The van der Waals surface area contributed by atoms with Crippen LogP contribution in [0.15, 0.2) is 36.4 Å². The molecule has 0 spiro atoms. The van der Waals surface area contributed by atoms with E-state index >= 15 is 0 Å². The second kappa shape index (κ2) is 17.1. The molecule has 4 aliphatic rings. The average molecular weight is 706 g/mol. The van der Waals surface area contributed by atoms with Crippen LogP contribution in [0.25, 0.3) is 5.69 Å². The van der Waals surface area contributed by atoms with Gasteiger partial charge in [0.05, 0.1) is 12.3 Å². The number of nitrogens with zero attached hydrogens (tertiary/aromatic N) is 5. The van der Waals surface area contributed by atoms with Gasteiger partial charge in [-0.05, 0) is 63.0 Å². The number of benzene rings is 1. The van der Waals surface area contributed by atoms with Crippen molar-refractivity contribution in [3.8, 4) is 11.6 Å². The highest BCUT2D eigenvalue weighted by Crippen LogP contribution is 2.31. The van der Waals surface area contributed by atoms with Crippen molar-refractivity contribution in [3.05, 3.63) is 42.1 Å². The van der Waals surface area contributed by atoms with Crippen molar-refractivity contribution in [1.29, 1.82) is 0 Å². The van der Waals surface area contributed by atoms with E-state index in [0.717, 1.165) is 57.8 Å². The maximum atomic E-state index is 13.8. The first kappa shape index (κ1) is 36.2. The Morgan fingerprint density at radius 1 is 0.902 bits per heavy atom. The number of nitrogens with one attached hydrogen (secondary N) is 2. The van der Waals surface area contributed by atoms with Gasteiger partial charge in [0.2, 0.25) is 17.7 Å². The van der Waals surface area contributed by atoms with Crippen LogP contribution in [0.4, 0.5) is 4.79 Å². The summed E-state index contributed by atoms with van der Waals surface area (Å²) in [5.41, 5.74) is 0.678. The summed E-state index contributed by atoms with van der Waals surface area (Å²) in [7, 11) is 0. The second-order valence-corrected chi connectivity index (χ2v) is 14.1. The fourth-order valence-electron chi connectivity index (χ4n) is 6.98. The summed E-state index contributed by atoms with van der Waals surface area (Å²) in [5, 5.41) is 10.6. The number of carbonyl (C=O) groups excluding carboxylic acids is 5. The highest BCUT2D eigenvalue weighted by Gasteiger charge is 2.37. The number of carbonyl (C=O) groups is 5. The average Bonchev–Trinajstić information content (AvgIpc) is 3.78. The maximum Gasteiger partial charge on any atom is 0.409 e. The summed E-state index contributed by atoms with van der Waals surface area (Å²) in [5.74, 6) is -0.598. The van der Waals surface area contributed by atoms with Crippen LogP contribution in [0.2, 0.25) is 0 Å². The Morgan fingerprint density at radius 3 is 2.29 bits per heavy atom. The largest absolute Gasteiger partial charge is 0.467 e. The van der Waals surface area contributed by atoms with Crippen LogP contribution in [0.3, 0.4) is 0 Å². The van der Waals surface area contributed by atoms with Crippen molar-refractivity contribution in [2.45, 2.75) is 95.7 Å². The van der Waals surface area contributed by atoms with Crippen LogP contribution < -0.4 is 15.4 Å². The number of piperazine rings is 1. The zero-order valence-electron chi connectivity index (χ0n) is 29.6. The third-order valence-corrected chi connectivity index (χ3v) is 10.6. The first-order chi connectivity index (χ1) is 24.8. The van der Waals surface area contributed by atoms with Gasteiger partial charge in [-0.1, -0.05) is 50.8 Å². The molecule has 6 rings (SSSR count). The van der Waals surface area contributed by atoms with E-state index in [2.05, 4.69) is 15.7 Å². The number of rotatable bonds is 14. The Labute approximate surface area is 299 Å². The van der Waals surface area contributed by atoms with Gasteiger partial charge in [-0.15, -0.1) is 0 Å². The molecule has 1 aromatic heterocycles. The van der Waals surface area contributed by atoms with Gasteiger partial charge in [0, 0.05) is 44.8 Å².